The molecule has 0 unspecified atom stereocenters. The number of ketones is 1. The molecular weight excluding hydrogens is 317 g/mol. The number of hydrogen-bond donors (Lipinski definition) is 1. The molecule has 0 saturated carbocycles. The Morgan fingerprint density at radius 1 is 1.33 bits per heavy atom. The van der Waals surface area contributed by atoms with Gasteiger partial charge in [-0.3, -0.25) is 9.59 Å². The highest BCUT2D eigenvalue weighted by atomic mass is 32.2. The second-order valence-electron chi connectivity index (χ2n) is 3.76. The van der Waals surface area contributed by atoms with E-state index in [0.717, 1.165) is 23.1 Å². The van der Waals surface area contributed by atoms with Gasteiger partial charge in [0.15, 0.2) is 10.9 Å². The van der Waals surface area contributed by atoms with Crippen LogP contribution in [-0.4, -0.2) is 34.3 Å². The first-order valence-corrected chi connectivity index (χ1v) is 7.51. The number of aromatic nitrogens is 2. The SMILES string of the molecule is Nc1nnc(SCC(=O)OCC(=O)c2ccccc2F)s1. The Kier molecular flexibility index (Phi) is 5.23. The summed E-state index contributed by atoms with van der Waals surface area (Å²) >= 11 is 2.25. The van der Waals surface area contributed by atoms with Gasteiger partial charge in [-0.05, 0) is 12.1 Å². The minimum atomic E-state index is -0.641. The second-order valence-corrected chi connectivity index (χ2v) is 5.99. The number of hydrogen-bond acceptors (Lipinski definition) is 8. The van der Waals surface area contributed by atoms with Crippen LogP contribution in [0.25, 0.3) is 0 Å². The summed E-state index contributed by atoms with van der Waals surface area (Å²) in [4.78, 5) is 23.2. The number of nitrogens with zero attached hydrogens (tertiary/aromatic N) is 2. The van der Waals surface area contributed by atoms with Crippen molar-refractivity contribution in [3.05, 3.63) is 35.6 Å². The lowest BCUT2D eigenvalue weighted by Gasteiger charge is -2.04. The number of thioether (sulfide) groups is 1. The predicted molar refractivity (Wildman–Crippen MR) is 76.7 cm³/mol. The van der Waals surface area contributed by atoms with Crippen LogP contribution in [0, 0.1) is 5.82 Å². The normalized spacial score (nSPS) is 10.3. The first kappa shape index (κ1) is 15.4. The van der Waals surface area contributed by atoms with Crippen molar-refractivity contribution in [2.24, 2.45) is 0 Å². The monoisotopic (exact) mass is 327 g/mol. The molecule has 6 nitrogen and oxygen atoms in total. The summed E-state index contributed by atoms with van der Waals surface area (Å²) in [7, 11) is 0. The highest BCUT2D eigenvalue weighted by Crippen LogP contribution is 2.23. The molecule has 2 aromatic rings. The number of Topliss-reactive ketones (excluding diaryl/α,β-unsaturated/α-hetero) is 1. The van der Waals surface area contributed by atoms with Crippen molar-refractivity contribution in [3.8, 4) is 0 Å². The van der Waals surface area contributed by atoms with E-state index in [1.807, 2.05) is 0 Å². The molecule has 0 aliphatic carbocycles. The van der Waals surface area contributed by atoms with E-state index in [4.69, 9.17) is 10.5 Å². The van der Waals surface area contributed by atoms with Crippen LogP contribution < -0.4 is 5.73 Å². The average Bonchev–Trinajstić information content (AvgIpc) is 2.89. The van der Waals surface area contributed by atoms with Gasteiger partial charge in [0.1, 0.15) is 5.82 Å². The summed E-state index contributed by atoms with van der Waals surface area (Å²) in [6.45, 7) is -0.501. The van der Waals surface area contributed by atoms with E-state index in [1.54, 1.807) is 0 Å². The molecule has 0 aliphatic rings. The third-order valence-electron chi connectivity index (χ3n) is 2.27. The fraction of sp³-hybridized carbons (Fsp3) is 0.167. The molecule has 0 amide bonds. The third-order valence-corrected chi connectivity index (χ3v) is 4.13. The van der Waals surface area contributed by atoms with Crippen molar-refractivity contribution in [1.29, 1.82) is 0 Å². The average molecular weight is 327 g/mol. The Bertz CT molecular complexity index is 663. The summed E-state index contributed by atoms with van der Waals surface area (Å²) in [5, 5.41) is 7.63. The molecule has 9 heteroatoms. The van der Waals surface area contributed by atoms with Crippen LogP contribution in [0.2, 0.25) is 0 Å². The minimum absolute atomic E-state index is 0.0286. The number of ether oxygens (including phenoxy) is 1. The fourth-order valence-electron chi connectivity index (χ4n) is 1.35. The molecule has 0 bridgehead atoms. The van der Waals surface area contributed by atoms with Gasteiger partial charge in [-0.1, -0.05) is 35.2 Å². The van der Waals surface area contributed by atoms with Crippen LogP contribution in [0.5, 0.6) is 0 Å². The van der Waals surface area contributed by atoms with E-state index in [0.29, 0.717) is 9.47 Å². The molecule has 2 N–H and O–H groups in total. The van der Waals surface area contributed by atoms with Crippen molar-refractivity contribution in [1.82, 2.24) is 10.2 Å². The van der Waals surface area contributed by atoms with Gasteiger partial charge in [0, 0.05) is 0 Å². The molecule has 110 valence electrons. The Morgan fingerprint density at radius 2 is 2.10 bits per heavy atom. The smallest absolute Gasteiger partial charge is 0.316 e. The summed E-state index contributed by atoms with van der Waals surface area (Å²) in [5.41, 5.74) is 5.30. The summed E-state index contributed by atoms with van der Waals surface area (Å²) < 4.78 is 18.7. The predicted octanol–water partition coefficient (Wildman–Crippen LogP) is 1.78. The van der Waals surface area contributed by atoms with Crippen LogP contribution in [0.4, 0.5) is 9.52 Å². The van der Waals surface area contributed by atoms with Gasteiger partial charge in [0.05, 0.1) is 11.3 Å². The zero-order valence-corrected chi connectivity index (χ0v) is 12.2. The van der Waals surface area contributed by atoms with Crippen LogP contribution in [-0.2, 0) is 9.53 Å². The molecule has 0 aliphatic heterocycles. The van der Waals surface area contributed by atoms with Crippen molar-refractivity contribution in [2.75, 3.05) is 18.1 Å². The number of carbonyl (C=O) groups is 2. The standard InChI is InChI=1S/C12H10FN3O3S2/c13-8-4-2-1-3-7(8)9(17)5-19-10(18)6-20-12-16-15-11(14)21-12/h1-4H,5-6H2,(H2,14,15). The van der Waals surface area contributed by atoms with Crippen molar-refractivity contribution in [2.45, 2.75) is 4.34 Å². The zero-order chi connectivity index (χ0) is 15.2. The Morgan fingerprint density at radius 3 is 2.76 bits per heavy atom. The van der Waals surface area contributed by atoms with E-state index in [1.165, 1.54) is 24.3 Å². The van der Waals surface area contributed by atoms with Crippen LogP contribution in [0.1, 0.15) is 10.4 Å². The van der Waals surface area contributed by atoms with E-state index in [-0.39, 0.29) is 11.3 Å². The first-order chi connectivity index (χ1) is 10.1. The largest absolute Gasteiger partial charge is 0.457 e. The molecular formula is C12H10FN3O3S2. The van der Waals surface area contributed by atoms with Gasteiger partial charge in [-0.25, -0.2) is 4.39 Å². The molecule has 1 heterocycles. The van der Waals surface area contributed by atoms with Gasteiger partial charge in [0.25, 0.3) is 0 Å². The van der Waals surface area contributed by atoms with Crippen molar-refractivity contribution < 1.29 is 18.7 Å². The maximum atomic E-state index is 13.3. The lowest BCUT2D eigenvalue weighted by Crippen LogP contribution is -2.16. The molecule has 0 spiro atoms. The highest BCUT2D eigenvalue weighted by molar-refractivity contribution is 8.01. The van der Waals surface area contributed by atoms with E-state index < -0.39 is 24.2 Å². The van der Waals surface area contributed by atoms with Gasteiger partial charge >= 0.3 is 5.97 Å². The number of nitrogens with two attached hydrogens (primary N) is 1. The highest BCUT2D eigenvalue weighted by Gasteiger charge is 2.14. The zero-order valence-electron chi connectivity index (χ0n) is 10.6. The number of rotatable bonds is 6. The van der Waals surface area contributed by atoms with Crippen molar-refractivity contribution >= 4 is 40.0 Å². The van der Waals surface area contributed by atoms with Crippen LogP contribution in [0.3, 0.4) is 0 Å². The Balaban J connectivity index is 1.79. The Hall–Kier alpha value is -2.00. The summed E-state index contributed by atoms with van der Waals surface area (Å²) in [6, 6.07) is 5.52. The van der Waals surface area contributed by atoms with Gasteiger partial charge in [0.2, 0.25) is 10.9 Å². The second kappa shape index (κ2) is 7.14. The Labute approximate surface area is 127 Å². The topological polar surface area (TPSA) is 95.2 Å². The van der Waals surface area contributed by atoms with Crippen LogP contribution >= 0.6 is 23.1 Å². The number of esters is 1. The maximum Gasteiger partial charge on any atom is 0.316 e. The summed E-state index contributed by atoms with van der Waals surface area (Å²) in [5.74, 6) is -1.86. The van der Waals surface area contributed by atoms with Crippen LogP contribution in [0.15, 0.2) is 28.6 Å². The summed E-state index contributed by atoms with van der Waals surface area (Å²) in [6.07, 6.45) is 0. The number of anilines is 1. The molecule has 21 heavy (non-hydrogen) atoms. The van der Waals surface area contributed by atoms with E-state index >= 15 is 0 Å². The number of nitrogen functional groups attached to an aromatic ring is 1. The maximum absolute atomic E-state index is 13.3. The molecule has 0 fully saturated rings. The number of benzene rings is 1. The molecule has 1 aromatic heterocycles. The van der Waals surface area contributed by atoms with Crippen molar-refractivity contribution in [3.63, 3.8) is 0 Å². The van der Waals surface area contributed by atoms with Gasteiger partial charge in [-0.15, -0.1) is 10.2 Å². The molecule has 0 saturated heterocycles. The van der Waals surface area contributed by atoms with E-state index in [9.17, 15) is 14.0 Å². The van der Waals surface area contributed by atoms with Gasteiger partial charge in [-0.2, -0.15) is 0 Å². The fourth-order valence-corrected chi connectivity index (χ4v) is 2.79. The van der Waals surface area contributed by atoms with Gasteiger partial charge < -0.3 is 10.5 Å². The van der Waals surface area contributed by atoms with E-state index in [2.05, 4.69) is 10.2 Å². The quantitative estimate of drug-likeness (QED) is 0.491. The first-order valence-electron chi connectivity index (χ1n) is 5.71. The molecule has 0 radical (unpaired) electrons. The molecule has 0 atom stereocenters. The number of carbonyl (C=O) groups excluding carboxylic acids is 2. The minimum Gasteiger partial charge on any atom is -0.457 e. The lowest BCUT2D eigenvalue weighted by atomic mass is 10.1. The molecule has 2 rings (SSSR count). The molecule has 1 aromatic carbocycles. The third kappa shape index (κ3) is 4.50. The lowest BCUT2D eigenvalue weighted by molar-refractivity contribution is -0.139. The number of halogens is 1.